The fraction of sp³-hybridized carbons (Fsp3) is 0.409. The molecule has 0 unspecified atom stereocenters. The van der Waals surface area contributed by atoms with Crippen LogP contribution in [0.15, 0.2) is 46.0 Å². The summed E-state index contributed by atoms with van der Waals surface area (Å²) >= 11 is 1.43. The molecule has 31 heavy (non-hydrogen) atoms. The quantitative estimate of drug-likeness (QED) is 0.258. The Morgan fingerprint density at radius 2 is 1.97 bits per heavy atom. The highest BCUT2D eigenvalue weighted by atomic mass is 32.2. The number of thioether (sulfide) groups is 1. The molecule has 0 aromatic heterocycles. The highest BCUT2D eigenvalue weighted by molar-refractivity contribution is 8.03. The summed E-state index contributed by atoms with van der Waals surface area (Å²) in [6.45, 7) is 3.48. The van der Waals surface area contributed by atoms with Gasteiger partial charge in [-0.1, -0.05) is 12.1 Å². The summed E-state index contributed by atoms with van der Waals surface area (Å²) in [7, 11) is 1.58. The lowest BCUT2D eigenvalue weighted by molar-refractivity contribution is -0.147. The number of esters is 1. The Balaban J connectivity index is 1.74. The van der Waals surface area contributed by atoms with Gasteiger partial charge in [-0.05, 0) is 30.2 Å². The number of carbonyl (C=O) groups excluding carboxylic acids is 3. The van der Waals surface area contributed by atoms with Crippen molar-refractivity contribution < 1.29 is 29.0 Å². The number of fused-ring (bicyclic) bond motifs is 1. The molecule has 0 spiro atoms. The van der Waals surface area contributed by atoms with Crippen LogP contribution in [-0.4, -0.2) is 59.8 Å². The molecule has 166 valence electrons. The smallest absolute Gasteiger partial charge is 0.356 e. The van der Waals surface area contributed by atoms with Crippen LogP contribution in [0.25, 0.3) is 0 Å². The molecule has 3 rings (SSSR count). The number of β-lactam (4-membered cyclic amide) rings is 1. The molecule has 2 N–H and O–H groups in total. The van der Waals surface area contributed by atoms with E-state index in [0.717, 1.165) is 10.5 Å². The second kappa shape index (κ2) is 10.0. The molecule has 2 amide bonds. The van der Waals surface area contributed by atoms with Crippen molar-refractivity contribution in [3.63, 3.8) is 0 Å². The third-order valence-electron chi connectivity index (χ3n) is 5.15. The van der Waals surface area contributed by atoms with Gasteiger partial charge in [-0.15, -0.1) is 11.8 Å². The summed E-state index contributed by atoms with van der Waals surface area (Å²) in [6.07, 6.45) is 0.496. The number of ether oxygens (including phenoxy) is 2. The Bertz CT molecular complexity index is 938. The number of rotatable bonds is 9. The average Bonchev–Trinajstić information content (AvgIpc) is 3.09. The standard InChI is InChI=1S/C22H26N2O6S/c1-13(11-25)19-17-10-18(31-9-8-23-14(2)26)20(24(17)21(19)27)22(28)30-12-15-4-6-16(29-3)7-5-15/h4-7,17,25H,8-12H2,1-3H3,(H,23,26)/b19-13+/t17-/m1/s1. The Labute approximate surface area is 185 Å². The van der Waals surface area contributed by atoms with Crippen LogP contribution >= 0.6 is 11.8 Å². The molecule has 2 aliphatic heterocycles. The van der Waals surface area contributed by atoms with Crippen LogP contribution < -0.4 is 10.1 Å². The van der Waals surface area contributed by atoms with E-state index in [1.807, 2.05) is 0 Å². The van der Waals surface area contributed by atoms with E-state index < -0.39 is 5.97 Å². The Morgan fingerprint density at radius 3 is 2.58 bits per heavy atom. The highest BCUT2D eigenvalue weighted by Crippen LogP contribution is 2.46. The van der Waals surface area contributed by atoms with Gasteiger partial charge in [-0.2, -0.15) is 0 Å². The molecule has 2 aliphatic rings. The molecule has 9 heteroatoms. The largest absolute Gasteiger partial charge is 0.497 e. The second-order valence-electron chi connectivity index (χ2n) is 7.27. The molecular weight excluding hydrogens is 420 g/mol. The molecular formula is C22H26N2O6S. The molecule has 2 heterocycles. The van der Waals surface area contributed by atoms with Gasteiger partial charge in [0.1, 0.15) is 18.1 Å². The third-order valence-corrected chi connectivity index (χ3v) is 6.27. The van der Waals surface area contributed by atoms with Crippen LogP contribution in [0.5, 0.6) is 5.75 Å². The van der Waals surface area contributed by atoms with E-state index in [2.05, 4.69) is 5.32 Å². The fourth-order valence-electron chi connectivity index (χ4n) is 3.57. The van der Waals surface area contributed by atoms with Crippen LogP contribution in [0.3, 0.4) is 0 Å². The lowest BCUT2D eigenvalue weighted by Gasteiger charge is -2.39. The van der Waals surface area contributed by atoms with Gasteiger partial charge >= 0.3 is 5.97 Å². The predicted molar refractivity (Wildman–Crippen MR) is 116 cm³/mol. The number of aliphatic hydroxyl groups is 1. The van der Waals surface area contributed by atoms with E-state index in [4.69, 9.17) is 9.47 Å². The lowest BCUT2D eigenvalue weighted by Crippen LogP contribution is -2.53. The first-order chi connectivity index (χ1) is 14.9. The zero-order valence-electron chi connectivity index (χ0n) is 17.8. The first-order valence-electron chi connectivity index (χ1n) is 9.91. The van der Waals surface area contributed by atoms with E-state index in [-0.39, 0.29) is 36.8 Å². The topological polar surface area (TPSA) is 105 Å². The summed E-state index contributed by atoms with van der Waals surface area (Å²) < 4.78 is 10.6. The molecule has 1 aromatic rings. The summed E-state index contributed by atoms with van der Waals surface area (Å²) in [5, 5.41) is 12.2. The number of aliphatic hydroxyl groups excluding tert-OH is 1. The third kappa shape index (κ3) is 4.94. The van der Waals surface area contributed by atoms with Gasteiger partial charge in [0.2, 0.25) is 5.91 Å². The van der Waals surface area contributed by atoms with Gasteiger partial charge in [0, 0.05) is 36.1 Å². The molecule has 1 aromatic carbocycles. The van der Waals surface area contributed by atoms with Gasteiger partial charge in [-0.3, -0.25) is 14.5 Å². The number of nitrogens with zero attached hydrogens (tertiary/aromatic N) is 1. The van der Waals surface area contributed by atoms with Crippen molar-refractivity contribution in [3.8, 4) is 5.75 Å². The molecule has 1 fully saturated rings. The SMILES string of the molecule is COc1ccc(COC(=O)C2=C(SCCNC(C)=O)C[C@@H]3/C(=C(/C)CO)C(=O)N23)cc1. The van der Waals surface area contributed by atoms with Crippen LogP contribution in [-0.2, 0) is 25.7 Å². The maximum Gasteiger partial charge on any atom is 0.356 e. The van der Waals surface area contributed by atoms with Gasteiger partial charge in [0.05, 0.1) is 19.8 Å². The average molecular weight is 447 g/mol. The molecule has 0 radical (unpaired) electrons. The number of amides is 2. The predicted octanol–water partition coefficient (Wildman–Crippen LogP) is 1.74. The molecule has 1 atom stereocenters. The van der Waals surface area contributed by atoms with Crippen molar-refractivity contribution in [2.24, 2.45) is 0 Å². The minimum absolute atomic E-state index is 0.0707. The van der Waals surface area contributed by atoms with Crippen molar-refractivity contribution in [2.75, 3.05) is 26.0 Å². The van der Waals surface area contributed by atoms with Crippen LogP contribution in [0.2, 0.25) is 0 Å². The number of hydrogen-bond donors (Lipinski definition) is 2. The van der Waals surface area contributed by atoms with E-state index in [1.165, 1.54) is 23.6 Å². The lowest BCUT2D eigenvalue weighted by atomic mass is 9.90. The minimum atomic E-state index is -0.561. The van der Waals surface area contributed by atoms with E-state index in [1.54, 1.807) is 38.3 Å². The van der Waals surface area contributed by atoms with Gasteiger partial charge < -0.3 is 19.9 Å². The van der Waals surface area contributed by atoms with Crippen molar-refractivity contribution in [1.82, 2.24) is 10.2 Å². The fourth-order valence-corrected chi connectivity index (χ4v) is 4.61. The molecule has 8 nitrogen and oxygen atoms in total. The second-order valence-corrected chi connectivity index (χ2v) is 8.46. The minimum Gasteiger partial charge on any atom is -0.497 e. The summed E-state index contributed by atoms with van der Waals surface area (Å²) in [5.74, 6) is 0.318. The monoisotopic (exact) mass is 446 g/mol. The van der Waals surface area contributed by atoms with Crippen LogP contribution in [0.4, 0.5) is 0 Å². The summed E-state index contributed by atoms with van der Waals surface area (Å²) in [4.78, 5) is 38.9. The first kappa shape index (κ1) is 22.9. The molecule has 0 bridgehead atoms. The van der Waals surface area contributed by atoms with E-state index in [0.29, 0.717) is 35.6 Å². The van der Waals surface area contributed by atoms with E-state index >= 15 is 0 Å². The summed E-state index contributed by atoms with van der Waals surface area (Å²) in [5.41, 5.74) is 2.23. The maximum absolute atomic E-state index is 12.9. The van der Waals surface area contributed by atoms with E-state index in [9.17, 15) is 19.5 Å². The maximum atomic E-state index is 12.9. The van der Waals surface area contributed by atoms with Gasteiger partial charge in [-0.25, -0.2) is 4.79 Å². The number of carbonyl (C=O) groups is 3. The van der Waals surface area contributed by atoms with Gasteiger partial charge in [0.25, 0.3) is 5.91 Å². The van der Waals surface area contributed by atoms with Crippen LogP contribution in [0.1, 0.15) is 25.8 Å². The first-order valence-corrected chi connectivity index (χ1v) is 10.9. The Hall–Kier alpha value is -2.78. The van der Waals surface area contributed by atoms with Crippen LogP contribution in [0, 0.1) is 0 Å². The zero-order chi connectivity index (χ0) is 22.5. The number of nitrogens with one attached hydrogen (secondary N) is 1. The number of benzene rings is 1. The molecule has 0 saturated carbocycles. The molecule has 1 saturated heterocycles. The van der Waals surface area contributed by atoms with Gasteiger partial charge in [0.15, 0.2) is 0 Å². The van der Waals surface area contributed by atoms with Crippen molar-refractivity contribution in [2.45, 2.75) is 32.9 Å². The number of hydrogen-bond acceptors (Lipinski definition) is 7. The van der Waals surface area contributed by atoms with Crippen molar-refractivity contribution >= 4 is 29.5 Å². The molecule has 0 aliphatic carbocycles. The Morgan fingerprint density at radius 1 is 1.26 bits per heavy atom. The van der Waals surface area contributed by atoms with Crippen molar-refractivity contribution in [3.05, 3.63) is 51.6 Å². The van der Waals surface area contributed by atoms with Crippen molar-refractivity contribution in [1.29, 1.82) is 0 Å². The highest BCUT2D eigenvalue weighted by Gasteiger charge is 2.52. The summed E-state index contributed by atoms with van der Waals surface area (Å²) in [6, 6.07) is 6.92. The Kier molecular flexibility index (Phi) is 7.40. The number of methoxy groups -OCH3 is 1. The zero-order valence-corrected chi connectivity index (χ0v) is 18.6. The normalized spacial score (nSPS) is 19.0.